The second-order valence-corrected chi connectivity index (χ2v) is 14.9. The Morgan fingerprint density at radius 2 is 0.967 bits per heavy atom. The van der Waals surface area contributed by atoms with E-state index in [9.17, 15) is 14.4 Å². The minimum Gasteiger partial charge on any atom is -0.463 e. The van der Waals surface area contributed by atoms with Gasteiger partial charge in [0.15, 0.2) is 24.8 Å². The molecule has 3 heterocycles. The maximum absolute atomic E-state index is 12.8. The number of methoxy groups -OCH3 is 1. The summed E-state index contributed by atoms with van der Waals surface area (Å²) in [6, 6.07) is 32.3. The third-order valence-corrected chi connectivity index (χ3v) is 10.4. The molecule has 0 unspecified atom stereocenters. The van der Waals surface area contributed by atoms with Gasteiger partial charge in [0.25, 0.3) is 0 Å². The molecule has 0 saturated carbocycles. The Morgan fingerprint density at radius 3 is 1.45 bits per heavy atom. The van der Waals surface area contributed by atoms with Crippen molar-refractivity contribution in [1.29, 1.82) is 0 Å². The Balaban J connectivity index is 1.37. The van der Waals surface area contributed by atoms with Crippen LogP contribution in [0.2, 0.25) is 0 Å². The number of benzene rings is 3. The number of aromatic nitrogens is 1. The van der Waals surface area contributed by atoms with Gasteiger partial charge in [-0.1, -0.05) is 91.0 Å². The van der Waals surface area contributed by atoms with E-state index in [1.807, 2.05) is 122 Å². The van der Waals surface area contributed by atoms with E-state index < -0.39 is 79.3 Å². The van der Waals surface area contributed by atoms with Crippen LogP contribution in [-0.2, 0) is 81.6 Å². The van der Waals surface area contributed by atoms with Crippen molar-refractivity contribution >= 4 is 17.9 Å². The molecule has 0 amide bonds. The molecule has 14 nitrogen and oxygen atoms in total. The van der Waals surface area contributed by atoms with E-state index in [-0.39, 0.29) is 33.0 Å². The Bertz CT molecular complexity index is 1940. The molecule has 14 heteroatoms. The molecule has 6 rings (SSSR count). The van der Waals surface area contributed by atoms with Crippen LogP contribution in [0.4, 0.5) is 0 Å². The average molecular weight is 830 g/mol. The first-order valence-electron chi connectivity index (χ1n) is 20.1. The van der Waals surface area contributed by atoms with Crippen LogP contribution in [0.5, 0.6) is 0 Å². The van der Waals surface area contributed by atoms with Crippen LogP contribution >= 0.6 is 0 Å². The highest BCUT2D eigenvalue weighted by Crippen LogP contribution is 2.38. The van der Waals surface area contributed by atoms with Gasteiger partial charge in [0, 0.05) is 39.3 Å². The molecule has 0 spiro atoms. The highest BCUT2D eigenvalue weighted by atomic mass is 16.7. The van der Waals surface area contributed by atoms with Crippen LogP contribution in [0.25, 0.3) is 0 Å². The van der Waals surface area contributed by atoms with Gasteiger partial charge < -0.3 is 51.9 Å². The Morgan fingerprint density at radius 1 is 0.517 bits per heavy atom. The highest BCUT2D eigenvalue weighted by molar-refractivity contribution is 5.68. The van der Waals surface area contributed by atoms with Crippen molar-refractivity contribution in [3.05, 3.63) is 131 Å². The zero-order valence-electron chi connectivity index (χ0n) is 34.9. The summed E-state index contributed by atoms with van der Waals surface area (Å²) in [4.78, 5) is 37.3. The zero-order valence-corrected chi connectivity index (χ0v) is 34.9. The van der Waals surface area contributed by atoms with E-state index in [1.165, 1.54) is 27.9 Å². The number of ether oxygens (including phenoxy) is 10. The lowest BCUT2D eigenvalue weighted by Gasteiger charge is -2.48. The fourth-order valence-corrected chi connectivity index (χ4v) is 7.70. The number of esters is 3. The third kappa shape index (κ3) is 11.7. The molecule has 4 aromatic rings. The lowest BCUT2D eigenvalue weighted by Crippen LogP contribution is -2.63. The highest BCUT2D eigenvalue weighted by Gasteiger charge is 2.54. The standard InChI is InChI=1S/C46H55NO13/c1-29-22-23-30(2)47(29)39-42(58-33(5)50)41(57-32(4)49)38(27-52-31(3)48)59-45(39)56-28-37-40(53-24-34-16-10-7-11-17-34)43(54-25-35-18-12-8-13-19-35)44(46(51-6)60-37)55-26-36-20-14-9-15-21-36/h7-23,37-46H,24-28H2,1-6H3/t37-,38-,39-,40-,41-,42-,43+,44-,45-,46+/m1/s1. The molecular formula is C46H55NO13. The maximum Gasteiger partial charge on any atom is 0.303 e. The largest absolute Gasteiger partial charge is 0.463 e. The average Bonchev–Trinajstić information content (AvgIpc) is 3.57. The first kappa shape index (κ1) is 44.6. The van der Waals surface area contributed by atoms with Crippen molar-refractivity contribution in [1.82, 2.24) is 4.57 Å². The van der Waals surface area contributed by atoms with Gasteiger partial charge in [0.05, 0.1) is 26.4 Å². The molecule has 1 aromatic heterocycles. The van der Waals surface area contributed by atoms with Gasteiger partial charge in [-0.25, -0.2) is 0 Å². The number of hydrogen-bond donors (Lipinski definition) is 0. The van der Waals surface area contributed by atoms with Crippen LogP contribution in [-0.4, -0.2) is 98.1 Å². The van der Waals surface area contributed by atoms with E-state index in [1.54, 1.807) is 0 Å². The summed E-state index contributed by atoms with van der Waals surface area (Å²) in [6.45, 7) is 7.82. The fourth-order valence-electron chi connectivity index (χ4n) is 7.70. The van der Waals surface area contributed by atoms with E-state index in [2.05, 4.69) is 0 Å². The normalized spacial score (nSPS) is 26.6. The van der Waals surface area contributed by atoms with E-state index in [4.69, 9.17) is 47.4 Å². The number of nitrogens with zero attached hydrogens (tertiary/aromatic N) is 1. The quantitative estimate of drug-likeness (QED) is 0.0862. The number of hydrogen-bond acceptors (Lipinski definition) is 13. The molecular weight excluding hydrogens is 774 g/mol. The summed E-state index contributed by atoms with van der Waals surface area (Å²) in [5.74, 6) is -1.84. The summed E-state index contributed by atoms with van der Waals surface area (Å²) < 4.78 is 65.2. The van der Waals surface area contributed by atoms with Gasteiger partial charge in [0.2, 0.25) is 0 Å². The molecule has 0 N–H and O–H groups in total. The minimum atomic E-state index is -1.17. The first-order chi connectivity index (χ1) is 29.0. The number of carbonyl (C=O) groups excluding carboxylic acids is 3. The molecule has 60 heavy (non-hydrogen) atoms. The molecule has 3 aromatic carbocycles. The van der Waals surface area contributed by atoms with Gasteiger partial charge in [0.1, 0.15) is 43.2 Å². The van der Waals surface area contributed by atoms with Crippen LogP contribution in [0, 0.1) is 13.8 Å². The molecule has 10 atom stereocenters. The summed E-state index contributed by atoms with van der Waals surface area (Å²) in [7, 11) is 1.54. The minimum absolute atomic E-state index is 0.137. The van der Waals surface area contributed by atoms with Crippen molar-refractivity contribution in [2.24, 2.45) is 0 Å². The van der Waals surface area contributed by atoms with E-state index in [0.717, 1.165) is 28.1 Å². The summed E-state index contributed by atoms with van der Waals surface area (Å²) >= 11 is 0. The van der Waals surface area contributed by atoms with Crippen molar-refractivity contribution in [2.45, 2.75) is 116 Å². The lowest BCUT2D eigenvalue weighted by atomic mass is 9.95. The summed E-state index contributed by atoms with van der Waals surface area (Å²) in [5, 5.41) is 0. The maximum atomic E-state index is 12.8. The first-order valence-corrected chi connectivity index (χ1v) is 20.1. The molecule has 2 aliphatic rings. The van der Waals surface area contributed by atoms with Crippen LogP contribution < -0.4 is 0 Å². The second kappa shape index (κ2) is 21.5. The predicted molar refractivity (Wildman–Crippen MR) is 216 cm³/mol. The van der Waals surface area contributed by atoms with E-state index in [0.29, 0.717) is 0 Å². The van der Waals surface area contributed by atoms with Crippen molar-refractivity contribution in [2.75, 3.05) is 20.3 Å². The number of aryl methyl sites for hydroxylation is 2. The molecule has 2 fully saturated rings. The topological polar surface area (TPSA) is 148 Å². The van der Waals surface area contributed by atoms with Crippen LogP contribution in [0.1, 0.15) is 54.9 Å². The number of rotatable bonds is 18. The van der Waals surface area contributed by atoms with Crippen LogP contribution in [0.15, 0.2) is 103 Å². The summed E-state index contributed by atoms with van der Waals surface area (Å²) in [6.07, 6.45) is -8.56. The fraction of sp³-hybridized carbons (Fsp3) is 0.457. The molecule has 2 aliphatic heterocycles. The molecule has 0 aliphatic carbocycles. The van der Waals surface area contributed by atoms with Gasteiger partial charge in [-0.2, -0.15) is 0 Å². The monoisotopic (exact) mass is 829 g/mol. The Hall–Kier alpha value is -4.93. The van der Waals surface area contributed by atoms with Crippen molar-refractivity contribution < 1.29 is 61.8 Å². The summed E-state index contributed by atoms with van der Waals surface area (Å²) in [5.41, 5.74) is 4.44. The van der Waals surface area contributed by atoms with Crippen molar-refractivity contribution in [3.8, 4) is 0 Å². The Labute approximate surface area is 350 Å². The molecule has 0 radical (unpaired) electrons. The van der Waals surface area contributed by atoms with Gasteiger partial charge >= 0.3 is 17.9 Å². The predicted octanol–water partition coefficient (Wildman–Crippen LogP) is 5.94. The van der Waals surface area contributed by atoms with Gasteiger partial charge in [-0.05, 0) is 42.7 Å². The molecule has 2 saturated heterocycles. The van der Waals surface area contributed by atoms with Crippen LogP contribution in [0.3, 0.4) is 0 Å². The lowest BCUT2D eigenvalue weighted by molar-refractivity contribution is -0.337. The zero-order chi connectivity index (χ0) is 42.6. The second-order valence-electron chi connectivity index (χ2n) is 14.9. The molecule has 0 bridgehead atoms. The van der Waals surface area contributed by atoms with E-state index >= 15 is 0 Å². The van der Waals surface area contributed by atoms with Gasteiger partial charge in [-0.3, -0.25) is 14.4 Å². The number of carbonyl (C=O) groups is 3. The smallest absolute Gasteiger partial charge is 0.303 e. The molecule has 322 valence electrons. The SMILES string of the molecule is CO[C@H]1O[C@H](CO[C@@H]2O[C@H](COC(C)=O)[C@@H](OC(C)=O)[C@H](OC(C)=O)[C@H]2n2c(C)ccc2C)[C@@H](OCc2ccccc2)[C@H](OCc2ccccc2)[C@H]1OCc1ccccc1. The van der Waals surface area contributed by atoms with Gasteiger partial charge in [-0.15, -0.1) is 0 Å². The Kier molecular flexibility index (Phi) is 16.0. The third-order valence-electron chi connectivity index (χ3n) is 10.4. The van der Waals surface area contributed by atoms with Crippen molar-refractivity contribution in [3.63, 3.8) is 0 Å².